The molecule has 0 aliphatic heterocycles. The first-order valence-corrected chi connectivity index (χ1v) is 5.36. The van der Waals surface area contributed by atoms with Crippen LogP contribution in [0.5, 0.6) is 0 Å². The third kappa shape index (κ3) is 1.02. The highest BCUT2D eigenvalue weighted by Gasteiger charge is 2.48. The van der Waals surface area contributed by atoms with Crippen molar-refractivity contribution >= 4 is 0 Å². The van der Waals surface area contributed by atoms with Gasteiger partial charge in [-0.3, -0.25) is 0 Å². The van der Waals surface area contributed by atoms with Crippen LogP contribution >= 0.6 is 0 Å². The standard InChI is InChI=1S/C11H18/c1-4-11(5-1)7-10(8-11)6-9-2-3-9/h9-10H,1-8H2. The minimum absolute atomic E-state index is 0.930. The Labute approximate surface area is 69.4 Å². The van der Waals surface area contributed by atoms with Gasteiger partial charge in [0, 0.05) is 0 Å². The molecule has 0 nitrogen and oxygen atoms in total. The van der Waals surface area contributed by atoms with E-state index >= 15 is 0 Å². The fraction of sp³-hybridized carbons (Fsp3) is 1.00. The van der Waals surface area contributed by atoms with Crippen LogP contribution in [-0.2, 0) is 0 Å². The van der Waals surface area contributed by atoms with Gasteiger partial charge in [-0.15, -0.1) is 0 Å². The molecule has 0 amide bonds. The Balaban J connectivity index is 1.47. The molecular weight excluding hydrogens is 132 g/mol. The van der Waals surface area contributed by atoms with Crippen LogP contribution in [0.2, 0.25) is 0 Å². The smallest absolute Gasteiger partial charge is 0.0292 e. The first kappa shape index (κ1) is 6.51. The number of hydrogen-bond acceptors (Lipinski definition) is 0. The van der Waals surface area contributed by atoms with E-state index < -0.39 is 0 Å². The molecular formula is C11H18. The molecule has 0 aromatic rings. The summed E-state index contributed by atoms with van der Waals surface area (Å²) in [5.41, 5.74) is 0.930. The van der Waals surface area contributed by atoms with Crippen molar-refractivity contribution in [1.29, 1.82) is 0 Å². The number of hydrogen-bond donors (Lipinski definition) is 0. The van der Waals surface area contributed by atoms with Crippen molar-refractivity contribution in [2.24, 2.45) is 17.3 Å². The Morgan fingerprint density at radius 2 is 1.73 bits per heavy atom. The van der Waals surface area contributed by atoms with Gasteiger partial charge < -0.3 is 0 Å². The molecule has 3 fully saturated rings. The Morgan fingerprint density at radius 3 is 2.18 bits per heavy atom. The molecule has 3 rings (SSSR count). The van der Waals surface area contributed by atoms with Gasteiger partial charge in [-0.05, 0) is 49.4 Å². The van der Waals surface area contributed by atoms with Crippen LogP contribution in [0.4, 0.5) is 0 Å². The zero-order valence-corrected chi connectivity index (χ0v) is 7.31. The molecule has 0 heterocycles. The van der Waals surface area contributed by atoms with Crippen LogP contribution in [-0.4, -0.2) is 0 Å². The van der Waals surface area contributed by atoms with Crippen LogP contribution in [0.3, 0.4) is 0 Å². The van der Waals surface area contributed by atoms with Crippen molar-refractivity contribution in [3.8, 4) is 0 Å². The maximum atomic E-state index is 1.61. The molecule has 0 unspecified atom stereocenters. The van der Waals surface area contributed by atoms with E-state index in [1.54, 1.807) is 44.9 Å². The van der Waals surface area contributed by atoms with Crippen molar-refractivity contribution < 1.29 is 0 Å². The third-order valence-corrected chi connectivity index (χ3v) is 4.22. The van der Waals surface area contributed by atoms with Crippen LogP contribution < -0.4 is 0 Å². The van der Waals surface area contributed by atoms with Gasteiger partial charge in [-0.1, -0.05) is 19.3 Å². The third-order valence-electron chi connectivity index (χ3n) is 4.22. The van der Waals surface area contributed by atoms with Crippen LogP contribution in [0, 0.1) is 17.3 Å². The minimum Gasteiger partial charge on any atom is -0.0522 e. The van der Waals surface area contributed by atoms with Crippen molar-refractivity contribution in [3.63, 3.8) is 0 Å². The van der Waals surface area contributed by atoms with E-state index in [0.29, 0.717) is 0 Å². The summed E-state index contributed by atoms with van der Waals surface area (Å²) < 4.78 is 0. The van der Waals surface area contributed by atoms with Crippen molar-refractivity contribution in [3.05, 3.63) is 0 Å². The van der Waals surface area contributed by atoms with Crippen molar-refractivity contribution in [2.75, 3.05) is 0 Å². The van der Waals surface area contributed by atoms with Gasteiger partial charge >= 0.3 is 0 Å². The Hall–Kier alpha value is 0. The van der Waals surface area contributed by atoms with E-state index in [9.17, 15) is 0 Å². The average molecular weight is 150 g/mol. The fourth-order valence-corrected chi connectivity index (χ4v) is 3.24. The second kappa shape index (κ2) is 2.02. The van der Waals surface area contributed by atoms with E-state index in [-0.39, 0.29) is 0 Å². The predicted octanol–water partition coefficient (Wildman–Crippen LogP) is 3.37. The first-order chi connectivity index (χ1) is 5.36. The lowest BCUT2D eigenvalue weighted by Gasteiger charge is -2.54. The molecule has 0 saturated heterocycles. The molecule has 0 atom stereocenters. The molecule has 3 saturated carbocycles. The molecule has 1 spiro atoms. The second-order valence-corrected chi connectivity index (χ2v) is 5.31. The molecule has 0 heteroatoms. The fourth-order valence-electron chi connectivity index (χ4n) is 3.24. The van der Waals surface area contributed by atoms with E-state index in [0.717, 1.165) is 5.41 Å². The summed E-state index contributed by atoms with van der Waals surface area (Å²) in [6.07, 6.45) is 12.6. The van der Waals surface area contributed by atoms with Crippen LogP contribution in [0.15, 0.2) is 0 Å². The van der Waals surface area contributed by atoms with Gasteiger partial charge in [-0.25, -0.2) is 0 Å². The van der Waals surface area contributed by atoms with Crippen LogP contribution in [0.1, 0.15) is 51.4 Å². The normalized spacial score (nSPS) is 34.9. The molecule has 0 aromatic heterocycles. The van der Waals surface area contributed by atoms with E-state index in [1.807, 2.05) is 0 Å². The number of rotatable bonds is 2. The predicted molar refractivity (Wildman–Crippen MR) is 46.3 cm³/mol. The maximum absolute atomic E-state index is 1.61. The summed E-state index contributed by atoms with van der Waals surface area (Å²) in [6, 6.07) is 0. The maximum Gasteiger partial charge on any atom is -0.0292 e. The summed E-state index contributed by atoms with van der Waals surface area (Å²) >= 11 is 0. The van der Waals surface area contributed by atoms with Crippen molar-refractivity contribution in [2.45, 2.75) is 51.4 Å². The zero-order valence-electron chi connectivity index (χ0n) is 7.31. The lowest BCUT2D eigenvalue weighted by Crippen LogP contribution is -2.42. The quantitative estimate of drug-likeness (QED) is 0.566. The second-order valence-electron chi connectivity index (χ2n) is 5.31. The molecule has 0 bridgehead atoms. The van der Waals surface area contributed by atoms with Crippen LogP contribution in [0.25, 0.3) is 0 Å². The SMILES string of the molecule is C1CC2(C1)CC(CC1CC1)C2. The first-order valence-electron chi connectivity index (χ1n) is 5.36. The van der Waals surface area contributed by atoms with Gasteiger partial charge in [0.05, 0.1) is 0 Å². The highest BCUT2D eigenvalue weighted by molar-refractivity contribution is 5.00. The minimum atomic E-state index is 0.930. The molecule has 0 radical (unpaired) electrons. The molecule has 0 aromatic carbocycles. The molecule has 3 aliphatic carbocycles. The van der Waals surface area contributed by atoms with E-state index in [1.165, 1.54) is 18.3 Å². The van der Waals surface area contributed by atoms with Crippen molar-refractivity contribution in [1.82, 2.24) is 0 Å². The van der Waals surface area contributed by atoms with Gasteiger partial charge in [0.15, 0.2) is 0 Å². The Morgan fingerprint density at radius 1 is 1.00 bits per heavy atom. The van der Waals surface area contributed by atoms with Gasteiger partial charge in [0.25, 0.3) is 0 Å². The average Bonchev–Trinajstić information content (AvgIpc) is 2.54. The highest BCUT2D eigenvalue weighted by Crippen LogP contribution is 2.61. The van der Waals surface area contributed by atoms with Gasteiger partial charge in [0.2, 0.25) is 0 Å². The lowest BCUT2D eigenvalue weighted by atomic mass is 9.51. The summed E-state index contributed by atoms with van der Waals surface area (Å²) in [7, 11) is 0. The zero-order chi connectivity index (χ0) is 7.31. The summed E-state index contributed by atoms with van der Waals surface area (Å²) in [5, 5.41) is 0. The topological polar surface area (TPSA) is 0 Å². The lowest BCUT2D eigenvalue weighted by molar-refractivity contribution is -0.0297. The van der Waals surface area contributed by atoms with E-state index in [2.05, 4.69) is 0 Å². The largest absolute Gasteiger partial charge is 0.0522 e. The molecule has 3 aliphatic rings. The molecule has 62 valence electrons. The summed E-state index contributed by atoms with van der Waals surface area (Å²) in [4.78, 5) is 0. The molecule has 0 N–H and O–H groups in total. The summed E-state index contributed by atoms with van der Waals surface area (Å²) in [6.45, 7) is 0. The van der Waals surface area contributed by atoms with Gasteiger partial charge in [0.1, 0.15) is 0 Å². The highest BCUT2D eigenvalue weighted by atomic mass is 14.5. The Kier molecular flexibility index (Phi) is 1.20. The van der Waals surface area contributed by atoms with E-state index in [4.69, 9.17) is 0 Å². The summed E-state index contributed by atoms with van der Waals surface area (Å²) in [5.74, 6) is 2.35. The Bertz CT molecular complexity index is 155. The molecule has 11 heavy (non-hydrogen) atoms. The van der Waals surface area contributed by atoms with Gasteiger partial charge in [-0.2, -0.15) is 0 Å². The monoisotopic (exact) mass is 150 g/mol.